The van der Waals surface area contributed by atoms with Crippen molar-refractivity contribution in [3.05, 3.63) is 29.1 Å². The fourth-order valence-corrected chi connectivity index (χ4v) is 1.32. The molecule has 13 heavy (non-hydrogen) atoms. The maximum atomic E-state index is 9.48. The van der Waals surface area contributed by atoms with E-state index in [0.717, 1.165) is 16.8 Å². The van der Waals surface area contributed by atoms with Crippen molar-refractivity contribution in [3.8, 4) is 0 Å². The Bertz CT molecular complexity index is 292. The van der Waals surface area contributed by atoms with Crippen LogP contribution >= 0.6 is 0 Å². The third kappa shape index (κ3) is 2.28. The van der Waals surface area contributed by atoms with Crippen LogP contribution in [0, 0.1) is 6.92 Å². The fourth-order valence-electron chi connectivity index (χ4n) is 1.32. The summed E-state index contributed by atoms with van der Waals surface area (Å²) in [5.74, 6) is 0.415. The van der Waals surface area contributed by atoms with Crippen LogP contribution in [0.4, 0.5) is 0 Å². The first-order chi connectivity index (χ1) is 6.02. The van der Waals surface area contributed by atoms with Gasteiger partial charge in [-0.15, -0.1) is 0 Å². The van der Waals surface area contributed by atoms with Crippen LogP contribution in [0.1, 0.15) is 49.6 Å². The summed E-state index contributed by atoms with van der Waals surface area (Å²) in [5, 5.41) is 9.48. The zero-order valence-electron chi connectivity index (χ0n) is 8.70. The van der Waals surface area contributed by atoms with E-state index in [-0.39, 0.29) is 0 Å². The number of hydrogen-bond acceptors (Lipinski definition) is 2. The lowest BCUT2D eigenvalue weighted by atomic mass is 10.0. The topological polar surface area (TPSA) is 33.1 Å². The Kier molecular flexibility index (Phi) is 3.04. The summed E-state index contributed by atoms with van der Waals surface area (Å²) in [5.41, 5.74) is 3.08. The van der Waals surface area contributed by atoms with Crippen LogP contribution in [0.15, 0.2) is 12.3 Å². The molecule has 0 aliphatic heterocycles. The second kappa shape index (κ2) is 3.88. The highest BCUT2D eigenvalue weighted by Crippen LogP contribution is 2.20. The average Bonchev–Trinajstić information content (AvgIpc) is 2.04. The van der Waals surface area contributed by atoms with Gasteiger partial charge in [-0.05, 0) is 37.0 Å². The predicted octanol–water partition coefficient (Wildman–Crippen LogP) is 2.57. The van der Waals surface area contributed by atoms with Crippen LogP contribution in [0.5, 0.6) is 0 Å². The minimum absolute atomic E-state index is 0.402. The summed E-state index contributed by atoms with van der Waals surface area (Å²) in [7, 11) is 0. The molecule has 0 aromatic carbocycles. The molecule has 1 aromatic rings. The predicted molar refractivity (Wildman–Crippen MR) is 53.7 cm³/mol. The van der Waals surface area contributed by atoms with E-state index in [1.54, 1.807) is 6.92 Å². The van der Waals surface area contributed by atoms with Crippen molar-refractivity contribution in [1.29, 1.82) is 0 Å². The van der Waals surface area contributed by atoms with Gasteiger partial charge >= 0.3 is 0 Å². The van der Waals surface area contributed by atoms with Crippen molar-refractivity contribution in [1.82, 2.24) is 4.98 Å². The van der Waals surface area contributed by atoms with Gasteiger partial charge in [0.15, 0.2) is 0 Å². The van der Waals surface area contributed by atoms with E-state index in [1.165, 1.54) is 0 Å². The number of nitrogens with zero attached hydrogens (tertiary/aromatic N) is 1. The van der Waals surface area contributed by atoms with Gasteiger partial charge in [-0.25, -0.2) is 0 Å². The normalized spacial score (nSPS) is 13.4. The van der Waals surface area contributed by atoms with Crippen LogP contribution in [-0.2, 0) is 0 Å². The number of rotatable bonds is 2. The van der Waals surface area contributed by atoms with Crippen molar-refractivity contribution in [2.75, 3.05) is 0 Å². The minimum Gasteiger partial charge on any atom is -0.389 e. The van der Waals surface area contributed by atoms with E-state index in [9.17, 15) is 5.11 Å². The Morgan fingerprint density at radius 3 is 2.38 bits per heavy atom. The molecule has 0 bridgehead atoms. The first-order valence-corrected chi connectivity index (χ1v) is 4.67. The Labute approximate surface area is 79.6 Å². The van der Waals surface area contributed by atoms with E-state index >= 15 is 0 Å². The highest BCUT2D eigenvalue weighted by molar-refractivity contribution is 5.28. The van der Waals surface area contributed by atoms with E-state index in [1.807, 2.05) is 19.2 Å². The molecule has 1 aromatic heterocycles. The van der Waals surface area contributed by atoms with Gasteiger partial charge in [0.1, 0.15) is 0 Å². The summed E-state index contributed by atoms with van der Waals surface area (Å²) in [6.07, 6.45) is 1.43. The molecule has 1 N–H and O–H groups in total. The summed E-state index contributed by atoms with van der Waals surface area (Å²) in [6, 6.07) is 1.99. The van der Waals surface area contributed by atoms with Crippen LogP contribution in [0.3, 0.4) is 0 Å². The molecule has 0 amide bonds. The van der Waals surface area contributed by atoms with Crippen LogP contribution in [0.2, 0.25) is 0 Å². The van der Waals surface area contributed by atoms with Gasteiger partial charge in [-0.1, -0.05) is 13.8 Å². The molecule has 1 rings (SSSR count). The average molecular weight is 179 g/mol. The molecule has 0 saturated heterocycles. The van der Waals surface area contributed by atoms with Gasteiger partial charge in [-0.2, -0.15) is 0 Å². The fraction of sp³-hybridized carbons (Fsp3) is 0.545. The van der Waals surface area contributed by atoms with Crippen LogP contribution < -0.4 is 0 Å². The molecule has 1 heterocycles. The molecule has 0 spiro atoms. The number of aromatic nitrogens is 1. The number of hydrogen-bond donors (Lipinski definition) is 1. The monoisotopic (exact) mass is 179 g/mol. The third-order valence-electron chi connectivity index (χ3n) is 2.21. The van der Waals surface area contributed by atoms with Gasteiger partial charge in [0.25, 0.3) is 0 Å². The SMILES string of the molecule is Cc1cnc(C(C)C)cc1C(C)O. The molecule has 0 fully saturated rings. The van der Waals surface area contributed by atoms with Gasteiger partial charge in [0.05, 0.1) is 6.10 Å². The molecule has 0 radical (unpaired) electrons. The molecular weight excluding hydrogens is 162 g/mol. The van der Waals surface area contributed by atoms with E-state index in [0.29, 0.717) is 5.92 Å². The quantitative estimate of drug-likeness (QED) is 0.757. The second-order valence-electron chi connectivity index (χ2n) is 3.80. The third-order valence-corrected chi connectivity index (χ3v) is 2.21. The molecule has 2 heteroatoms. The Hall–Kier alpha value is -0.890. The summed E-state index contributed by atoms with van der Waals surface area (Å²) in [6.45, 7) is 7.96. The van der Waals surface area contributed by atoms with Gasteiger partial charge in [0.2, 0.25) is 0 Å². The van der Waals surface area contributed by atoms with Gasteiger partial charge in [-0.3, -0.25) is 4.98 Å². The standard InChI is InChI=1S/C11H17NO/c1-7(2)11-5-10(9(4)13)8(3)6-12-11/h5-7,9,13H,1-4H3. The lowest BCUT2D eigenvalue weighted by Gasteiger charge is -2.11. The highest BCUT2D eigenvalue weighted by atomic mass is 16.3. The van der Waals surface area contributed by atoms with Gasteiger partial charge < -0.3 is 5.11 Å². The number of pyridine rings is 1. The Morgan fingerprint density at radius 2 is 1.92 bits per heavy atom. The summed E-state index contributed by atoms with van der Waals surface area (Å²) >= 11 is 0. The maximum Gasteiger partial charge on any atom is 0.0765 e. The van der Waals surface area contributed by atoms with Crippen LogP contribution in [0.25, 0.3) is 0 Å². The molecule has 0 aliphatic carbocycles. The first-order valence-electron chi connectivity index (χ1n) is 4.67. The zero-order valence-corrected chi connectivity index (χ0v) is 8.70. The van der Waals surface area contributed by atoms with Gasteiger partial charge in [0, 0.05) is 11.9 Å². The second-order valence-corrected chi connectivity index (χ2v) is 3.80. The molecule has 0 saturated carbocycles. The molecule has 1 atom stereocenters. The molecule has 0 aliphatic rings. The van der Waals surface area contributed by atoms with Crippen molar-refractivity contribution in [3.63, 3.8) is 0 Å². The van der Waals surface area contributed by atoms with Crippen LogP contribution in [-0.4, -0.2) is 10.1 Å². The molecular formula is C11H17NO. The minimum atomic E-state index is -0.402. The molecule has 2 nitrogen and oxygen atoms in total. The Morgan fingerprint density at radius 1 is 1.31 bits per heavy atom. The van der Waals surface area contributed by atoms with Crippen molar-refractivity contribution < 1.29 is 5.11 Å². The van der Waals surface area contributed by atoms with Crippen molar-refractivity contribution in [2.45, 2.75) is 39.7 Å². The highest BCUT2D eigenvalue weighted by Gasteiger charge is 2.08. The number of aliphatic hydroxyl groups is 1. The smallest absolute Gasteiger partial charge is 0.0765 e. The van der Waals surface area contributed by atoms with Crippen molar-refractivity contribution in [2.24, 2.45) is 0 Å². The molecule has 72 valence electrons. The number of aryl methyl sites for hydroxylation is 1. The first kappa shape index (κ1) is 10.2. The van der Waals surface area contributed by atoms with E-state index in [2.05, 4.69) is 18.8 Å². The lowest BCUT2D eigenvalue weighted by Crippen LogP contribution is -2.00. The largest absolute Gasteiger partial charge is 0.389 e. The molecule has 1 unspecified atom stereocenters. The zero-order chi connectivity index (χ0) is 10.0. The van der Waals surface area contributed by atoms with Crippen molar-refractivity contribution >= 4 is 0 Å². The lowest BCUT2D eigenvalue weighted by molar-refractivity contribution is 0.198. The Balaban J connectivity index is 3.11. The summed E-state index contributed by atoms with van der Waals surface area (Å²) in [4.78, 5) is 4.31. The summed E-state index contributed by atoms with van der Waals surface area (Å²) < 4.78 is 0. The number of aliphatic hydroxyl groups excluding tert-OH is 1. The van der Waals surface area contributed by atoms with E-state index in [4.69, 9.17) is 0 Å². The maximum absolute atomic E-state index is 9.48. The van der Waals surface area contributed by atoms with E-state index < -0.39 is 6.10 Å².